The van der Waals surface area contributed by atoms with Gasteiger partial charge < -0.3 is 5.11 Å². The lowest BCUT2D eigenvalue weighted by molar-refractivity contribution is -0.133. The second-order valence-electron chi connectivity index (χ2n) is 4.55. The van der Waals surface area contributed by atoms with Crippen molar-refractivity contribution in [2.75, 3.05) is 5.75 Å². The van der Waals surface area contributed by atoms with Crippen LogP contribution in [0.3, 0.4) is 0 Å². The largest absolute Gasteiger partial charge is 0.481 e. The Balaban J connectivity index is 2.52. The first-order valence-corrected chi connectivity index (χ1v) is 7.89. The molecular weight excluding hydrogens is 333 g/mol. The summed E-state index contributed by atoms with van der Waals surface area (Å²) in [6.45, 7) is 3.92. The second-order valence-corrected chi connectivity index (χ2v) is 6.31. The Labute approximate surface area is 136 Å². The molecule has 0 atom stereocenters. The van der Waals surface area contributed by atoms with E-state index >= 15 is 0 Å². The van der Waals surface area contributed by atoms with E-state index in [1.165, 1.54) is 0 Å². The molecule has 8 heteroatoms. The van der Waals surface area contributed by atoms with Gasteiger partial charge in [-0.05, 0) is 26.0 Å². The van der Waals surface area contributed by atoms with Crippen LogP contribution in [0.5, 0.6) is 0 Å². The highest BCUT2D eigenvalue weighted by Gasteiger charge is 2.21. The van der Waals surface area contributed by atoms with E-state index in [1.54, 1.807) is 18.2 Å². The minimum Gasteiger partial charge on any atom is -0.481 e. The van der Waals surface area contributed by atoms with E-state index in [0.717, 1.165) is 11.8 Å². The summed E-state index contributed by atoms with van der Waals surface area (Å²) in [5.41, 5.74) is 0.601. The third kappa shape index (κ3) is 3.51. The highest BCUT2D eigenvalue weighted by molar-refractivity contribution is 7.99. The molecule has 5 nitrogen and oxygen atoms in total. The van der Waals surface area contributed by atoms with E-state index in [2.05, 4.69) is 10.2 Å². The Morgan fingerprint density at radius 3 is 2.48 bits per heavy atom. The van der Waals surface area contributed by atoms with Crippen LogP contribution in [0.15, 0.2) is 23.4 Å². The monoisotopic (exact) mass is 345 g/mol. The fourth-order valence-corrected chi connectivity index (χ4v) is 3.20. The zero-order valence-corrected chi connectivity index (χ0v) is 13.7. The molecule has 112 valence electrons. The summed E-state index contributed by atoms with van der Waals surface area (Å²) in [6, 6.07) is 5.25. The van der Waals surface area contributed by atoms with Crippen molar-refractivity contribution >= 4 is 40.9 Å². The Bertz CT molecular complexity index is 653. The maximum Gasteiger partial charge on any atom is 0.313 e. The minimum absolute atomic E-state index is 0.0404. The lowest BCUT2D eigenvalue weighted by atomic mass is 10.2. The predicted octanol–water partition coefficient (Wildman–Crippen LogP) is 4.01. The Hall–Kier alpha value is -1.24. The molecule has 0 aliphatic rings. The highest BCUT2D eigenvalue weighted by atomic mass is 35.5. The molecule has 2 aromatic rings. The van der Waals surface area contributed by atoms with Gasteiger partial charge in [0.2, 0.25) is 0 Å². The third-order valence-corrected chi connectivity index (χ3v) is 4.25. The van der Waals surface area contributed by atoms with E-state index in [1.807, 2.05) is 18.4 Å². The van der Waals surface area contributed by atoms with Crippen LogP contribution in [0.2, 0.25) is 10.0 Å². The summed E-state index contributed by atoms with van der Waals surface area (Å²) >= 11 is 13.5. The van der Waals surface area contributed by atoms with Gasteiger partial charge in [-0.15, -0.1) is 10.2 Å². The van der Waals surface area contributed by atoms with Gasteiger partial charge in [-0.2, -0.15) is 0 Å². The van der Waals surface area contributed by atoms with Gasteiger partial charge in [0.1, 0.15) is 0 Å². The fraction of sp³-hybridized carbons (Fsp3) is 0.308. The first kappa shape index (κ1) is 16.1. The van der Waals surface area contributed by atoms with Crippen LogP contribution in [0.25, 0.3) is 11.4 Å². The molecule has 0 saturated carbocycles. The van der Waals surface area contributed by atoms with Gasteiger partial charge in [0.15, 0.2) is 11.0 Å². The Morgan fingerprint density at radius 2 is 1.95 bits per heavy atom. The number of benzene rings is 1. The van der Waals surface area contributed by atoms with Gasteiger partial charge >= 0.3 is 5.97 Å². The molecule has 0 amide bonds. The number of aromatic nitrogens is 3. The number of aliphatic carboxylic acids is 1. The maximum absolute atomic E-state index is 10.7. The molecule has 0 saturated heterocycles. The second kappa shape index (κ2) is 6.68. The van der Waals surface area contributed by atoms with Crippen LogP contribution >= 0.6 is 35.0 Å². The van der Waals surface area contributed by atoms with Crippen LogP contribution in [0, 0.1) is 0 Å². The number of hydrogen-bond acceptors (Lipinski definition) is 4. The van der Waals surface area contributed by atoms with Gasteiger partial charge in [-0.3, -0.25) is 9.36 Å². The van der Waals surface area contributed by atoms with E-state index < -0.39 is 5.97 Å². The molecule has 1 N–H and O–H groups in total. The minimum atomic E-state index is -0.907. The third-order valence-electron chi connectivity index (χ3n) is 2.69. The molecule has 0 aliphatic heterocycles. The number of thioether (sulfide) groups is 1. The van der Waals surface area contributed by atoms with Crippen molar-refractivity contribution in [3.63, 3.8) is 0 Å². The number of carboxylic acid groups (broad SMARTS) is 1. The zero-order chi connectivity index (χ0) is 15.6. The molecule has 2 rings (SSSR count). The van der Waals surface area contributed by atoms with Crippen LogP contribution in [0.4, 0.5) is 0 Å². The summed E-state index contributed by atoms with van der Waals surface area (Å²) in [6.07, 6.45) is 0. The van der Waals surface area contributed by atoms with Crippen LogP contribution in [-0.2, 0) is 4.79 Å². The average molecular weight is 346 g/mol. The lowest BCUT2D eigenvalue weighted by Crippen LogP contribution is -2.07. The molecular formula is C13H13Cl2N3O2S. The van der Waals surface area contributed by atoms with Crippen molar-refractivity contribution in [3.05, 3.63) is 28.2 Å². The summed E-state index contributed by atoms with van der Waals surface area (Å²) in [5, 5.41) is 18.5. The zero-order valence-electron chi connectivity index (χ0n) is 11.4. The number of halogens is 2. The first-order valence-electron chi connectivity index (χ1n) is 6.15. The summed E-state index contributed by atoms with van der Waals surface area (Å²) in [7, 11) is 0. The van der Waals surface area contributed by atoms with E-state index in [4.69, 9.17) is 28.3 Å². The fourth-order valence-electron chi connectivity index (χ4n) is 1.85. The molecule has 0 radical (unpaired) electrons. The van der Waals surface area contributed by atoms with Crippen LogP contribution in [0.1, 0.15) is 19.9 Å². The predicted molar refractivity (Wildman–Crippen MR) is 84.2 cm³/mol. The Morgan fingerprint density at radius 1 is 1.33 bits per heavy atom. The lowest BCUT2D eigenvalue weighted by Gasteiger charge is -2.14. The SMILES string of the molecule is CC(C)n1c(SCC(=O)O)nnc1-c1c(Cl)cccc1Cl. The smallest absolute Gasteiger partial charge is 0.313 e. The number of rotatable bonds is 5. The van der Waals surface area contributed by atoms with Crippen molar-refractivity contribution in [1.82, 2.24) is 14.8 Å². The molecule has 0 unspecified atom stereocenters. The number of carboxylic acids is 1. The number of carbonyl (C=O) groups is 1. The molecule has 1 aromatic heterocycles. The quantitative estimate of drug-likeness (QED) is 0.829. The van der Waals surface area contributed by atoms with Crippen LogP contribution < -0.4 is 0 Å². The van der Waals surface area contributed by atoms with Crippen molar-refractivity contribution in [1.29, 1.82) is 0 Å². The molecule has 1 aromatic carbocycles. The average Bonchev–Trinajstić information content (AvgIpc) is 2.80. The highest BCUT2D eigenvalue weighted by Crippen LogP contribution is 2.36. The van der Waals surface area contributed by atoms with Crippen LogP contribution in [-0.4, -0.2) is 31.6 Å². The summed E-state index contributed by atoms with van der Waals surface area (Å²) in [4.78, 5) is 10.7. The molecule has 0 aliphatic carbocycles. The van der Waals surface area contributed by atoms with E-state index in [0.29, 0.717) is 26.6 Å². The molecule has 0 spiro atoms. The topological polar surface area (TPSA) is 68.0 Å². The number of hydrogen-bond donors (Lipinski definition) is 1. The van der Waals surface area contributed by atoms with Crippen molar-refractivity contribution in [2.45, 2.75) is 25.0 Å². The van der Waals surface area contributed by atoms with E-state index in [9.17, 15) is 4.79 Å². The summed E-state index contributed by atoms with van der Waals surface area (Å²) < 4.78 is 1.83. The number of nitrogens with zero attached hydrogens (tertiary/aromatic N) is 3. The van der Waals surface area contributed by atoms with Gasteiger partial charge in [0.05, 0.1) is 21.4 Å². The molecule has 0 bridgehead atoms. The van der Waals surface area contributed by atoms with E-state index in [-0.39, 0.29) is 11.8 Å². The summed E-state index contributed by atoms with van der Waals surface area (Å²) in [5.74, 6) is -0.453. The normalized spacial score (nSPS) is 11.1. The Kier molecular flexibility index (Phi) is 5.13. The van der Waals surface area contributed by atoms with Crippen molar-refractivity contribution in [2.24, 2.45) is 0 Å². The maximum atomic E-state index is 10.7. The molecule has 0 fully saturated rings. The molecule has 1 heterocycles. The first-order chi connectivity index (χ1) is 9.91. The van der Waals surface area contributed by atoms with Gasteiger partial charge in [-0.1, -0.05) is 41.0 Å². The van der Waals surface area contributed by atoms with Gasteiger partial charge in [0, 0.05) is 6.04 Å². The molecule has 21 heavy (non-hydrogen) atoms. The standard InChI is InChI=1S/C13H13Cl2N3O2S/c1-7(2)18-12(11-8(14)4-3-5-9(11)15)16-17-13(18)21-6-10(19)20/h3-5,7H,6H2,1-2H3,(H,19,20). The van der Waals surface area contributed by atoms with Gasteiger partial charge in [-0.25, -0.2) is 0 Å². The van der Waals surface area contributed by atoms with Crippen molar-refractivity contribution in [3.8, 4) is 11.4 Å². The van der Waals surface area contributed by atoms with Gasteiger partial charge in [0.25, 0.3) is 0 Å². The van der Waals surface area contributed by atoms with Crippen molar-refractivity contribution < 1.29 is 9.90 Å².